The van der Waals surface area contributed by atoms with Crippen LogP contribution in [0, 0.1) is 0 Å². The third-order valence-corrected chi connectivity index (χ3v) is 0. The van der Waals surface area contributed by atoms with E-state index in [1.54, 1.807) is 0 Å². The zero-order valence-electron chi connectivity index (χ0n) is 6.05. The third-order valence-electron chi connectivity index (χ3n) is 0. The maximum absolute atomic E-state index is 8.69. The number of rotatable bonds is 0. The molecule has 1 N–H and O–H groups in total. The van der Waals surface area contributed by atoms with Crippen LogP contribution in [0.15, 0.2) is 0 Å². The summed E-state index contributed by atoms with van der Waals surface area (Å²) >= 11 is -5.38. The third kappa shape index (κ3) is 47.1. The molecule has 0 bridgehead atoms. The molecular formula is H3K2MnO4. The first-order chi connectivity index (χ1) is 2.00. The molecule has 0 radical (unpaired) electrons. The second-order valence-electron chi connectivity index (χ2n) is 0.396. The second kappa shape index (κ2) is 7.26. The molecule has 7 heteroatoms. The van der Waals surface area contributed by atoms with Gasteiger partial charge in [0.15, 0.2) is 0 Å². The Morgan fingerprint density at radius 1 is 1.14 bits per heavy atom. The Morgan fingerprint density at radius 3 is 1.14 bits per heavy atom. The van der Waals surface area contributed by atoms with Crippen LogP contribution in [0.3, 0.4) is 0 Å². The molecule has 0 heterocycles. The molecule has 0 aliphatic heterocycles. The Balaban J connectivity index is -0.0000000133. The summed E-state index contributed by atoms with van der Waals surface area (Å²) < 4.78 is 33.1. The molecule has 0 rings (SSSR count). The first kappa shape index (κ1) is 16.6. The van der Waals surface area contributed by atoms with Crippen molar-refractivity contribution in [2.45, 2.75) is 0 Å². The second-order valence-corrected chi connectivity index (χ2v) is 1.63. The van der Waals surface area contributed by atoms with Crippen molar-refractivity contribution < 1.29 is 134 Å². The zero-order chi connectivity index (χ0) is 4.50. The minimum absolute atomic E-state index is 0. The van der Waals surface area contributed by atoms with Gasteiger partial charge in [-0.05, 0) is 0 Å². The van der Waals surface area contributed by atoms with E-state index in [0.717, 1.165) is 0 Å². The molecule has 0 saturated heterocycles. The van der Waals surface area contributed by atoms with Gasteiger partial charge in [-0.25, -0.2) is 0 Å². The van der Waals surface area contributed by atoms with Crippen LogP contribution in [0.4, 0.5) is 0 Å². The Labute approximate surface area is 130 Å². The molecule has 0 fully saturated rings. The molecule has 0 unspecified atom stereocenters. The van der Waals surface area contributed by atoms with Gasteiger partial charge in [0.2, 0.25) is 0 Å². The van der Waals surface area contributed by atoms with Crippen LogP contribution in [-0.2, 0) is 24.5 Å². The number of hydrogen-bond acceptors (Lipinski definition) is 3. The van der Waals surface area contributed by atoms with E-state index in [4.69, 9.17) is 15.7 Å². The Morgan fingerprint density at radius 2 is 1.14 bits per heavy atom. The van der Waals surface area contributed by atoms with Crippen LogP contribution in [0.25, 0.3) is 0 Å². The molecule has 36 valence electrons. The SMILES string of the molecule is [H-].[H-].[K+].[K+].[O]=[Mn](=[O])(=[O])[OH]. The van der Waals surface area contributed by atoms with Gasteiger partial charge in [0, 0.05) is 0 Å². The molecule has 0 spiro atoms. The Bertz CT molecular complexity index is 138. The van der Waals surface area contributed by atoms with Crippen molar-refractivity contribution >= 4 is 0 Å². The van der Waals surface area contributed by atoms with E-state index in [1.165, 1.54) is 0 Å². The van der Waals surface area contributed by atoms with Crippen molar-refractivity contribution in [1.82, 2.24) is 0 Å². The van der Waals surface area contributed by atoms with Gasteiger partial charge in [-0.3, -0.25) is 0 Å². The van der Waals surface area contributed by atoms with Gasteiger partial charge in [0.25, 0.3) is 0 Å². The summed E-state index contributed by atoms with van der Waals surface area (Å²) in [5.74, 6) is 0. The maximum atomic E-state index is 8.69. The molecule has 0 amide bonds. The Hall–Kier alpha value is 3.15. The van der Waals surface area contributed by atoms with Crippen molar-refractivity contribution in [2.75, 3.05) is 0 Å². The molecule has 0 saturated carbocycles. The van der Waals surface area contributed by atoms with Crippen LogP contribution >= 0.6 is 0 Å². The first-order valence-corrected chi connectivity index (χ1v) is 2.61. The topological polar surface area (TPSA) is 71.4 Å². The molecule has 4 nitrogen and oxygen atoms in total. The Kier molecular flexibility index (Phi) is 17.2. The van der Waals surface area contributed by atoms with Gasteiger partial charge in [-0.2, -0.15) is 0 Å². The van der Waals surface area contributed by atoms with Gasteiger partial charge in [0.1, 0.15) is 0 Å². The molecule has 0 aromatic carbocycles. The summed E-state index contributed by atoms with van der Waals surface area (Å²) in [4.78, 5) is 0. The van der Waals surface area contributed by atoms with Crippen LogP contribution in [0.5, 0.6) is 0 Å². The van der Waals surface area contributed by atoms with Gasteiger partial charge in [-0.15, -0.1) is 0 Å². The molecule has 0 aliphatic carbocycles. The summed E-state index contributed by atoms with van der Waals surface area (Å²) in [6.07, 6.45) is 0. The monoisotopic (exact) mass is 200 g/mol. The summed E-state index contributed by atoms with van der Waals surface area (Å²) in [6, 6.07) is 0. The average molecular weight is 200 g/mol. The predicted molar refractivity (Wildman–Crippen MR) is 6.50 cm³/mol. The van der Waals surface area contributed by atoms with E-state index < -0.39 is 13.0 Å². The van der Waals surface area contributed by atoms with Crippen LogP contribution in [0.2, 0.25) is 0 Å². The summed E-state index contributed by atoms with van der Waals surface area (Å²) in [6.45, 7) is 0. The standard InChI is InChI=1S/2K.Mn.H2O.3O.2H/h;;;1H2;;;;;/q3*+1;;;;;2*-1/p-1. The fourth-order valence-electron chi connectivity index (χ4n) is 0. The molecule has 0 aromatic rings. The van der Waals surface area contributed by atoms with E-state index in [9.17, 15) is 0 Å². The van der Waals surface area contributed by atoms with E-state index in [0.29, 0.717) is 0 Å². The molecule has 0 atom stereocenters. The molecule has 0 aliphatic rings. The van der Waals surface area contributed by atoms with Gasteiger partial charge in [-0.1, -0.05) is 0 Å². The van der Waals surface area contributed by atoms with E-state index in [1.807, 2.05) is 0 Å². The molecular weight excluding hydrogens is 197 g/mol. The van der Waals surface area contributed by atoms with Crippen molar-refractivity contribution in [3.8, 4) is 0 Å². The van der Waals surface area contributed by atoms with E-state index in [-0.39, 0.29) is 106 Å². The van der Waals surface area contributed by atoms with Crippen molar-refractivity contribution in [1.29, 1.82) is 0 Å². The van der Waals surface area contributed by atoms with Gasteiger partial charge < -0.3 is 2.85 Å². The fourth-order valence-corrected chi connectivity index (χ4v) is 0. The summed E-state index contributed by atoms with van der Waals surface area (Å²) in [7, 11) is 0. The predicted octanol–water partition coefficient (Wildman–Crippen LogP) is -6.68. The summed E-state index contributed by atoms with van der Waals surface area (Å²) in [5, 5.41) is 0. The van der Waals surface area contributed by atoms with E-state index in [2.05, 4.69) is 0 Å². The van der Waals surface area contributed by atoms with Gasteiger partial charge in [0.05, 0.1) is 0 Å². The van der Waals surface area contributed by atoms with Crippen LogP contribution < -0.4 is 103 Å². The van der Waals surface area contributed by atoms with Crippen molar-refractivity contribution in [3.63, 3.8) is 0 Å². The van der Waals surface area contributed by atoms with Crippen molar-refractivity contribution in [2.24, 2.45) is 0 Å². The van der Waals surface area contributed by atoms with Crippen LogP contribution in [-0.4, -0.2) is 4.19 Å². The average Bonchev–Trinajstić information content (AvgIpc) is 0.722. The first-order valence-electron chi connectivity index (χ1n) is 0.632. The fraction of sp³-hybridized carbons (Fsp3) is 0. The molecule has 7 heavy (non-hydrogen) atoms. The minimum atomic E-state index is -5.38. The zero-order valence-corrected chi connectivity index (χ0v) is 11.5. The normalized spacial score (nSPS) is 8.14. The van der Waals surface area contributed by atoms with Crippen LogP contribution in [0.1, 0.15) is 2.85 Å². The van der Waals surface area contributed by atoms with Crippen molar-refractivity contribution in [3.05, 3.63) is 0 Å². The number of hydrogen-bond donors (Lipinski definition) is 1. The molecule has 0 aromatic heterocycles. The van der Waals surface area contributed by atoms with Gasteiger partial charge >= 0.3 is 131 Å². The summed E-state index contributed by atoms with van der Waals surface area (Å²) in [5.41, 5.74) is 0. The quantitative estimate of drug-likeness (QED) is 0.395. The van der Waals surface area contributed by atoms with E-state index >= 15 is 0 Å².